The van der Waals surface area contributed by atoms with Crippen molar-refractivity contribution in [3.8, 4) is 6.01 Å². The summed E-state index contributed by atoms with van der Waals surface area (Å²) in [6, 6.07) is 0.213. The van der Waals surface area contributed by atoms with E-state index in [2.05, 4.69) is 9.97 Å². The summed E-state index contributed by atoms with van der Waals surface area (Å²) in [5, 5.41) is 0. The van der Waals surface area contributed by atoms with Crippen molar-refractivity contribution >= 4 is 18.7 Å². The van der Waals surface area contributed by atoms with Crippen molar-refractivity contribution in [2.75, 3.05) is 13.2 Å². The van der Waals surface area contributed by atoms with Crippen LogP contribution in [0.5, 0.6) is 6.01 Å². The van der Waals surface area contributed by atoms with Gasteiger partial charge in [-0.2, -0.15) is 0 Å². The number of likely N-dealkylation sites (tertiary alicyclic amines) is 1. The number of carbonyl (C=O) groups is 1. The summed E-state index contributed by atoms with van der Waals surface area (Å²) in [6.07, 6.45) is 5.91. The fourth-order valence-electron chi connectivity index (χ4n) is 3.41. The van der Waals surface area contributed by atoms with Gasteiger partial charge in [0.05, 0.1) is 17.2 Å². The van der Waals surface area contributed by atoms with Gasteiger partial charge in [0.15, 0.2) is 0 Å². The second-order valence-corrected chi connectivity index (χ2v) is 10.0. The Morgan fingerprint density at radius 2 is 1.77 bits per heavy atom. The predicted octanol–water partition coefficient (Wildman–Crippen LogP) is 2.94. The molecule has 0 aliphatic carbocycles. The van der Waals surface area contributed by atoms with Gasteiger partial charge in [0.1, 0.15) is 12.2 Å². The highest BCUT2D eigenvalue weighted by molar-refractivity contribution is 6.61. The summed E-state index contributed by atoms with van der Waals surface area (Å²) in [7, 11) is -0.509. The zero-order valence-electron chi connectivity index (χ0n) is 19.2. The summed E-state index contributed by atoms with van der Waals surface area (Å²) in [5.74, 6) is 0. The molecule has 0 N–H and O–H groups in total. The van der Waals surface area contributed by atoms with E-state index in [0.717, 1.165) is 24.7 Å². The van der Waals surface area contributed by atoms with Crippen molar-refractivity contribution in [2.24, 2.45) is 0 Å². The molecule has 1 aromatic heterocycles. The van der Waals surface area contributed by atoms with Crippen LogP contribution in [0, 0.1) is 0 Å². The molecule has 0 spiro atoms. The Bertz CT molecular complexity index is 732. The van der Waals surface area contributed by atoms with Crippen LogP contribution in [0.15, 0.2) is 12.4 Å². The van der Waals surface area contributed by atoms with Gasteiger partial charge < -0.3 is 23.7 Å². The molecule has 0 saturated carbocycles. The van der Waals surface area contributed by atoms with Crippen LogP contribution in [0.3, 0.4) is 0 Å². The fourth-order valence-corrected chi connectivity index (χ4v) is 3.41. The SMILES string of the molecule is CC(C)(C)OC(=O)N1CCCC[C@@H]1COc1ncc(B2OC(C)(C)C(C)(C)O2)cn1. The number of carbonyl (C=O) groups excluding carboxylic acids is 1. The molecule has 0 unspecified atom stereocenters. The molecule has 8 nitrogen and oxygen atoms in total. The van der Waals surface area contributed by atoms with Crippen LogP contribution in [0.25, 0.3) is 0 Å². The monoisotopic (exact) mass is 419 g/mol. The minimum atomic E-state index is -0.521. The maximum Gasteiger partial charge on any atom is 0.498 e. The number of piperidine rings is 1. The van der Waals surface area contributed by atoms with E-state index in [1.165, 1.54) is 0 Å². The summed E-state index contributed by atoms with van der Waals surface area (Å²) in [5.41, 5.74) is -0.612. The van der Waals surface area contributed by atoms with Crippen LogP contribution in [-0.4, -0.2) is 64.1 Å². The molecule has 0 radical (unpaired) electrons. The number of aromatic nitrogens is 2. The van der Waals surface area contributed by atoms with Gasteiger partial charge in [-0.15, -0.1) is 0 Å². The van der Waals surface area contributed by atoms with Crippen molar-refractivity contribution in [3.05, 3.63) is 12.4 Å². The first-order valence-corrected chi connectivity index (χ1v) is 10.7. The minimum absolute atomic E-state index is 0.0556. The number of ether oxygens (including phenoxy) is 2. The number of amides is 1. The van der Waals surface area contributed by atoms with Gasteiger partial charge in [-0.1, -0.05) is 0 Å². The molecule has 2 aliphatic rings. The second kappa shape index (κ2) is 8.34. The van der Waals surface area contributed by atoms with Crippen LogP contribution in [0.4, 0.5) is 4.79 Å². The first kappa shape index (κ1) is 22.8. The van der Waals surface area contributed by atoms with Crippen molar-refractivity contribution < 1.29 is 23.6 Å². The lowest BCUT2D eigenvalue weighted by molar-refractivity contribution is 0.00305. The fraction of sp³-hybridized carbons (Fsp3) is 0.762. The molecule has 1 aromatic rings. The molecule has 166 valence electrons. The van der Waals surface area contributed by atoms with Crippen LogP contribution in [0.1, 0.15) is 67.7 Å². The van der Waals surface area contributed by atoms with E-state index in [1.54, 1.807) is 17.3 Å². The van der Waals surface area contributed by atoms with E-state index in [1.807, 2.05) is 48.5 Å². The lowest BCUT2D eigenvalue weighted by Crippen LogP contribution is -2.48. The molecule has 3 rings (SSSR count). The molecule has 3 heterocycles. The first-order valence-electron chi connectivity index (χ1n) is 10.7. The molecule has 1 amide bonds. The van der Waals surface area contributed by atoms with Crippen LogP contribution in [-0.2, 0) is 14.0 Å². The van der Waals surface area contributed by atoms with E-state index in [9.17, 15) is 4.79 Å². The number of rotatable bonds is 4. The van der Waals surface area contributed by atoms with Crippen molar-refractivity contribution in [2.45, 2.75) is 90.6 Å². The average molecular weight is 419 g/mol. The second-order valence-electron chi connectivity index (χ2n) is 10.0. The van der Waals surface area contributed by atoms with Crippen LogP contribution in [0.2, 0.25) is 0 Å². The summed E-state index contributed by atoms with van der Waals surface area (Å²) < 4.78 is 23.4. The Kier molecular flexibility index (Phi) is 6.34. The minimum Gasteiger partial charge on any atom is -0.461 e. The number of nitrogens with zero attached hydrogens (tertiary/aromatic N) is 3. The van der Waals surface area contributed by atoms with Crippen LogP contribution >= 0.6 is 0 Å². The molecule has 0 aromatic carbocycles. The van der Waals surface area contributed by atoms with E-state index >= 15 is 0 Å². The highest BCUT2D eigenvalue weighted by Gasteiger charge is 2.52. The van der Waals surface area contributed by atoms with Gasteiger partial charge in [0, 0.05) is 24.4 Å². The van der Waals surface area contributed by atoms with Gasteiger partial charge >= 0.3 is 19.2 Å². The van der Waals surface area contributed by atoms with Gasteiger partial charge in [-0.05, 0) is 67.7 Å². The maximum absolute atomic E-state index is 12.5. The molecule has 9 heteroatoms. The first-order chi connectivity index (χ1) is 13.9. The normalized spacial score (nSPS) is 23.4. The summed E-state index contributed by atoms with van der Waals surface area (Å²) >= 11 is 0. The van der Waals surface area contributed by atoms with E-state index < -0.39 is 23.9 Å². The van der Waals surface area contributed by atoms with E-state index in [0.29, 0.717) is 13.2 Å². The Hall–Kier alpha value is -1.87. The smallest absolute Gasteiger partial charge is 0.461 e. The number of hydrogen-bond acceptors (Lipinski definition) is 7. The standard InChI is InChI=1S/C21H34BN3O5/c1-19(2,3)28-18(26)25-11-9-8-10-16(25)14-27-17-23-12-15(13-24-17)22-29-20(4,5)21(6,7)30-22/h12-13,16H,8-11,14H2,1-7H3/t16-/m1/s1. The molecule has 30 heavy (non-hydrogen) atoms. The average Bonchev–Trinajstić information content (AvgIpc) is 2.86. The third-order valence-corrected chi connectivity index (χ3v) is 5.83. The lowest BCUT2D eigenvalue weighted by Gasteiger charge is -2.36. The van der Waals surface area contributed by atoms with Crippen molar-refractivity contribution in [3.63, 3.8) is 0 Å². The van der Waals surface area contributed by atoms with Gasteiger partial charge in [0.25, 0.3) is 0 Å². The summed E-state index contributed by atoms with van der Waals surface area (Å²) in [6.45, 7) is 14.6. The molecule has 2 fully saturated rings. The van der Waals surface area contributed by atoms with Crippen molar-refractivity contribution in [1.82, 2.24) is 14.9 Å². The third-order valence-electron chi connectivity index (χ3n) is 5.83. The Balaban J connectivity index is 1.58. The lowest BCUT2D eigenvalue weighted by atomic mass is 9.81. The van der Waals surface area contributed by atoms with Crippen LogP contribution < -0.4 is 10.2 Å². The summed E-state index contributed by atoms with van der Waals surface area (Å²) in [4.78, 5) is 22.9. The largest absolute Gasteiger partial charge is 0.498 e. The highest BCUT2D eigenvalue weighted by Crippen LogP contribution is 2.36. The Morgan fingerprint density at radius 3 is 2.33 bits per heavy atom. The topological polar surface area (TPSA) is 83.0 Å². The maximum atomic E-state index is 12.5. The Labute approximate surface area is 179 Å². The van der Waals surface area contributed by atoms with Crippen molar-refractivity contribution in [1.29, 1.82) is 0 Å². The molecular formula is C21H34BN3O5. The quantitative estimate of drug-likeness (QED) is 0.694. The van der Waals surface area contributed by atoms with Gasteiger partial charge in [0.2, 0.25) is 0 Å². The third kappa shape index (κ3) is 5.24. The highest BCUT2D eigenvalue weighted by atomic mass is 16.7. The molecule has 2 saturated heterocycles. The Morgan fingerprint density at radius 1 is 1.17 bits per heavy atom. The van der Waals surface area contributed by atoms with Gasteiger partial charge in [-0.25, -0.2) is 14.8 Å². The zero-order valence-corrected chi connectivity index (χ0v) is 19.2. The zero-order chi connectivity index (χ0) is 22.2. The van der Waals surface area contributed by atoms with Gasteiger partial charge in [-0.3, -0.25) is 0 Å². The molecule has 0 bridgehead atoms. The predicted molar refractivity (Wildman–Crippen MR) is 114 cm³/mol. The molecule has 2 aliphatic heterocycles. The number of hydrogen-bond donors (Lipinski definition) is 0. The molecule has 1 atom stereocenters. The van der Waals surface area contributed by atoms with E-state index in [4.69, 9.17) is 18.8 Å². The molecular weight excluding hydrogens is 385 g/mol. The van der Waals surface area contributed by atoms with E-state index in [-0.39, 0.29) is 18.1 Å².